The number of hydrogen-bond donors (Lipinski definition) is 6. The lowest BCUT2D eigenvalue weighted by Gasteiger charge is -2.41. The van der Waals surface area contributed by atoms with Gasteiger partial charge in [0, 0.05) is 6.42 Å². The van der Waals surface area contributed by atoms with Crippen molar-refractivity contribution in [2.75, 3.05) is 13.2 Å². The second kappa shape index (κ2) is 59.2. The molecule has 1 aliphatic heterocycles. The normalized spacial score (nSPS) is 18.8. The Morgan fingerprint density at radius 3 is 1.18 bits per heavy atom. The number of rotatable bonds is 61. The molecular formula is C71H133NO10. The number of carbonyl (C=O) groups is 2. The molecule has 8 unspecified atom stereocenters. The summed E-state index contributed by atoms with van der Waals surface area (Å²) in [5.74, 6) is -1.18. The number of amides is 1. The molecule has 0 radical (unpaired) electrons. The van der Waals surface area contributed by atoms with Crippen molar-refractivity contribution in [1.29, 1.82) is 0 Å². The molecule has 1 amide bonds. The third-order valence-electron chi connectivity index (χ3n) is 16.8. The minimum Gasteiger partial charge on any atom is -0.454 e. The van der Waals surface area contributed by atoms with Crippen LogP contribution < -0.4 is 5.32 Å². The maximum atomic E-state index is 13.5. The molecule has 8 atom stereocenters. The number of esters is 1. The zero-order valence-corrected chi connectivity index (χ0v) is 53.6. The van der Waals surface area contributed by atoms with Crippen LogP contribution in [0.3, 0.4) is 0 Å². The number of allylic oxidation sites excluding steroid dienone is 5. The monoisotopic (exact) mass is 1160 g/mol. The van der Waals surface area contributed by atoms with Crippen molar-refractivity contribution in [2.45, 2.75) is 391 Å². The summed E-state index contributed by atoms with van der Waals surface area (Å²) >= 11 is 0. The molecule has 6 N–H and O–H groups in total. The van der Waals surface area contributed by atoms with Crippen LogP contribution in [0.5, 0.6) is 0 Å². The van der Waals surface area contributed by atoms with Gasteiger partial charge in [-0.05, 0) is 77.0 Å². The van der Waals surface area contributed by atoms with E-state index in [1.165, 1.54) is 231 Å². The SMILES string of the molecule is CCCCCCCC/C=C/CCCCCCCCCCCCCCCC(=O)OC1C(OCC(NC(=O)C(O)CCCCCCCCCC/C=C/CCCCCCCC)C(O)/C=C/CCCCCCCCCCCC)OC(CO)C(O)C1O. The summed E-state index contributed by atoms with van der Waals surface area (Å²) in [6.45, 7) is 5.83. The lowest BCUT2D eigenvalue weighted by Crippen LogP contribution is -2.61. The highest BCUT2D eigenvalue weighted by molar-refractivity contribution is 5.80. The Hall–Kier alpha value is -2.12. The van der Waals surface area contributed by atoms with Gasteiger partial charge in [0.1, 0.15) is 24.4 Å². The lowest BCUT2D eigenvalue weighted by atomic mass is 9.99. The molecule has 482 valence electrons. The highest BCUT2D eigenvalue weighted by Gasteiger charge is 2.47. The number of ether oxygens (including phenoxy) is 3. The Morgan fingerprint density at radius 2 is 0.805 bits per heavy atom. The van der Waals surface area contributed by atoms with Crippen molar-refractivity contribution in [2.24, 2.45) is 0 Å². The minimum atomic E-state index is -1.61. The van der Waals surface area contributed by atoms with Gasteiger partial charge in [0.05, 0.1) is 25.4 Å². The molecule has 0 saturated carbocycles. The Morgan fingerprint density at radius 1 is 0.463 bits per heavy atom. The number of hydrogen-bond acceptors (Lipinski definition) is 10. The van der Waals surface area contributed by atoms with Crippen LogP contribution in [-0.4, -0.2) is 99.6 Å². The van der Waals surface area contributed by atoms with E-state index in [9.17, 15) is 35.1 Å². The van der Waals surface area contributed by atoms with Gasteiger partial charge in [-0.2, -0.15) is 0 Å². The zero-order chi connectivity index (χ0) is 59.6. The molecule has 82 heavy (non-hydrogen) atoms. The smallest absolute Gasteiger partial charge is 0.306 e. The predicted octanol–water partition coefficient (Wildman–Crippen LogP) is 17.8. The van der Waals surface area contributed by atoms with Crippen molar-refractivity contribution in [3.63, 3.8) is 0 Å². The topological polar surface area (TPSA) is 175 Å². The first kappa shape index (κ1) is 77.9. The number of aliphatic hydroxyl groups excluding tert-OH is 5. The van der Waals surface area contributed by atoms with Crippen LogP contribution in [0.1, 0.15) is 342 Å². The molecule has 0 bridgehead atoms. The van der Waals surface area contributed by atoms with E-state index in [-0.39, 0.29) is 13.0 Å². The molecule has 0 aromatic carbocycles. The zero-order valence-electron chi connectivity index (χ0n) is 53.6. The van der Waals surface area contributed by atoms with E-state index in [0.29, 0.717) is 19.3 Å². The molecule has 1 heterocycles. The largest absolute Gasteiger partial charge is 0.454 e. The summed E-state index contributed by atoms with van der Waals surface area (Å²) in [6.07, 6.45) is 61.8. The van der Waals surface area contributed by atoms with Gasteiger partial charge in [-0.25, -0.2) is 0 Å². The van der Waals surface area contributed by atoms with Crippen molar-refractivity contribution in [3.8, 4) is 0 Å². The lowest BCUT2D eigenvalue weighted by molar-refractivity contribution is -0.305. The summed E-state index contributed by atoms with van der Waals surface area (Å²) in [5.41, 5.74) is 0. The number of nitrogens with one attached hydrogen (secondary N) is 1. The van der Waals surface area contributed by atoms with Crippen molar-refractivity contribution in [3.05, 3.63) is 36.5 Å². The Bertz CT molecular complexity index is 1470. The van der Waals surface area contributed by atoms with Gasteiger partial charge in [-0.15, -0.1) is 0 Å². The van der Waals surface area contributed by atoms with E-state index in [2.05, 4.69) is 50.4 Å². The molecule has 1 fully saturated rings. The quantitative estimate of drug-likeness (QED) is 0.0195. The average Bonchev–Trinajstić information content (AvgIpc) is 3.44. The fraction of sp³-hybridized carbons (Fsp3) is 0.887. The fourth-order valence-electron chi connectivity index (χ4n) is 11.2. The molecule has 0 spiro atoms. The van der Waals surface area contributed by atoms with E-state index in [4.69, 9.17) is 14.2 Å². The Kier molecular flexibility index (Phi) is 56.3. The van der Waals surface area contributed by atoms with Crippen LogP contribution in [0.4, 0.5) is 0 Å². The average molecular weight is 1160 g/mol. The standard InChI is InChI=1S/C71H133NO10/c1-4-7-10-13-16-19-22-25-27-29-31-32-33-34-35-37-39-41-44-47-50-53-56-59-66(76)82-69-68(78)67(77)65(60-73)81-71(69)80-61-62(63(74)57-54-51-48-45-42-24-21-18-15-12-9-6-3)72-70(79)64(75)58-55-52-49-46-43-40-38-36-30-28-26-23-20-17-14-11-8-5-2/h25-28,54,57,62-65,67-69,71,73-75,77-78H,4-24,29-53,55-56,58-61H2,1-3H3,(H,72,79)/b27-25+,28-26+,57-54+. The first-order valence-electron chi connectivity index (χ1n) is 35.3. The molecule has 1 saturated heterocycles. The second-order valence-electron chi connectivity index (χ2n) is 24.6. The molecule has 1 rings (SSSR count). The van der Waals surface area contributed by atoms with Crippen LogP contribution in [-0.2, 0) is 23.8 Å². The molecule has 0 aliphatic carbocycles. The van der Waals surface area contributed by atoms with E-state index >= 15 is 0 Å². The van der Waals surface area contributed by atoms with Gasteiger partial charge in [-0.3, -0.25) is 9.59 Å². The molecule has 0 aromatic heterocycles. The molecule has 0 aromatic rings. The van der Waals surface area contributed by atoms with Gasteiger partial charge in [-0.1, -0.05) is 295 Å². The highest BCUT2D eigenvalue weighted by Crippen LogP contribution is 2.26. The van der Waals surface area contributed by atoms with Crippen LogP contribution in [0.2, 0.25) is 0 Å². The van der Waals surface area contributed by atoms with E-state index in [1.807, 2.05) is 6.08 Å². The fourth-order valence-corrected chi connectivity index (χ4v) is 11.2. The maximum absolute atomic E-state index is 13.5. The molecular weight excluding hydrogens is 1030 g/mol. The molecule has 11 nitrogen and oxygen atoms in total. The summed E-state index contributed by atoms with van der Waals surface area (Å²) < 4.78 is 17.7. The van der Waals surface area contributed by atoms with Crippen LogP contribution in [0, 0.1) is 0 Å². The molecule has 1 aliphatic rings. The number of carbonyl (C=O) groups excluding carboxylic acids is 2. The third-order valence-corrected chi connectivity index (χ3v) is 16.8. The third kappa shape index (κ3) is 46.1. The number of aliphatic hydroxyl groups is 5. The van der Waals surface area contributed by atoms with Crippen LogP contribution in [0.25, 0.3) is 0 Å². The minimum absolute atomic E-state index is 0.127. The van der Waals surface area contributed by atoms with Crippen LogP contribution >= 0.6 is 0 Å². The number of unbranched alkanes of at least 4 members (excludes halogenated alkanes) is 43. The van der Waals surface area contributed by atoms with E-state index in [0.717, 1.165) is 64.2 Å². The second-order valence-corrected chi connectivity index (χ2v) is 24.6. The van der Waals surface area contributed by atoms with Crippen molar-refractivity contribution < 1.29 is 49.3 Å². The van der Waals surface area contributed by atoms with Gasteiger partial charge >= 0.3 is 5.97 Å². The summed E-state index contributed by atoms with van der Waals surface area (Å²) in [5, 5.41) is 57.2. The van der Waals surface area contributed by atoms with Gasteiger partial charge in [0.25, 0.3) is 0 Å². The van der Waals surface area contributed by atoms with E-state index < -0.39 is 67.4 Å². The first-order valence-corrected chi connectivity index (χ1v) is 35.3. The summed E-state index contributed by atoms with van der Waals surface area (Å²) in [6, 6.07) is -1.02. The Balaban J connectivity index is 2.57. The van der Waals surface area contributed by atoms with Gasteiger partial charge in [0.15, 0.2) is 12.4 Å². The van der Waals surface area contributed by atoms with Gasteiger partial charge in [0.2, 0.25) is 5.91 Å². The van der Waals surface area contributed by atoms with Crippen molar-refractivity contribution in [1.82, 2.24) is 5.32 Å². The Labute approximate surface area is 504 Å². The van der Waals surface area contributed by atoms with Crippen molar-refractivity contribution >= 4 is 11.9 Å². The van der Waals surface area contributed by atoms with E-state index in [1.54, 1.807) is 6.08 Å². The summed E-state index contributed by atoms with van der Waals surface area (Å²) in [7, 11) is 0. The maximum Gasteiger partial charge on any atom is 0.306 e. The van der Waals surface area contributed by atoms with Gasteiger partial charge < -0.3 is 45.1 Å². The molecule has 11 heteroatoms. The van der Waals surface area contributed by atoms with Crippen LogP contribution in [0.15, 0.2) is 36.5 Å². The first-order chi connectivity index (χ1) is 40.2. The summed E-state index contributed by atoms with van der Waals surface area (Å²) in [4.78, 5) is 26.7. The highest BCUT2D eigenvalue weighted by atomic mass is 16.7. The predicted molar refractivity (Wildman–Crippen MR) is 343 cm³/mol.